The van der Waals surface area contributed by atoms with Crippen LogP contribution < -0.4 is 21.1 Å². The smallest absolute Gasteiger partial charge is 0.323 e. The van der Waals surface area contributed by atoms with Gasteiger partial charge in [-0.3, -0.25) is 9.59 Å². The fourth-order valence-electron chi connectivity index (χ4n) is 6.08. The molecule has 3 aliphatic heterocycles. The molecule has 3 atom stereocenters. The number of fused-ring (bicyclic) bond motifs is 4. The second-order valence-corrected chi connectivity index (χ2v) is 10.0. The van der Waals surface area contributed by atoms with Gasteiger partial charge in [-0.25, -0.2) is 4.79 Å². The number of quaternary nitrogens is 1. The fraction of sp³-hybridized carbons (Fsp3) is 0.462. The SMILES string of the molecule is CC(=O)N1CCC([NH+]2C[C@@H]3C[C@H](C2)c2ccc(NC(=O)Nc4cccc(C#N)c4)c(=O)n2C3)CC1. The normalized spacial score (nSPS) is 23.7. The van der Waals surface area contributed by atoms with E-state index in [1.807, 2.05) is 21.6 Å². The third-order valence-electron chi connectivity index (χ3n) is 7.76. The molecule has 0 aliphatic carbocycles. The number of hydrogen-bond acceptors (Lipinski definition) is 4. The van der Waals surface area contributed by atoms with Crippen LogP contribution in [0.25, 0.3) is 0 Å². The molecule has 3 amide bonds. The van der Waals surface area contributed by atoms with Gasteiger partial charge in [-0.05, 0) is 36.8 Å². The van der Waals surface area contributed by atoms with Gasteiger partial charge in [-0.1, -0.05) is 6.07 Å². The van der Waals surface area contributed by atoms with Crippen LogP contribution in [0.2, 0.25) is 0 Å². The number of amides is 3. The van der Waals surface area contributed by atoms with E-state index in [-0.39, 0.29) is 17.2 Å². The van der Waals surface area contributed by atoms with Gasteiger partial charge in [-0.15, -0.1) is 0 Å². The fourth-order valence-corrected chi connectivity index (χ4v) is 6.08. The van der Waals surface area contributed by atoms with Gasteiger partial charge in [0.15, 0.2) is 0 Å². The van der Waals surface area contributed by atoms with Crippen LogP contribution in [-0.2, 0) is 11.3 Å². The molecule has 2 bridgehead atoms. The highest BCUT2D eigenvalue weighted by atomic mass is 16.2. The molecule has 2 saturated heterocycles. The van der Waals surface area contributed by atoms with Gasteiger partial charge < -0.3 is 25.0 Å². The highest BCUT2D eigenvalue weighted by Crippen LogP contribution is 2.31. The van der Waals surface area contributed by atoms with E-state index in [0.29, 0.717) is 35.7 Å². The lowest BCUT2D eigenvalue weighted by molar-refractivity contribution is -0.937. The zero-order valence-electron chi connectivity index (χ0n) is 19.9. The van der Waals surface area contributed by atoms with E-state index in [1.165, 1.54) is 0 Å². The van der Waals surface area contributed by atoms with E-state index in [1.54, 1.807) is 42.2 Å². The Morgan fingerprint density at radius 2 is 1.91 bits per heavy atom. The molecule has 2 aromatic rings. The lowest BCUT2D eigenvalue weighted by atomic mass is 9.82. The number of carbonyl (C=O) groups is 2. The molecule has 4 heterocycles. The molecule has 3 N–H and O–H groups in total. The molecule has 0 saturated carbocycles. The molecule has 0 spiro atoms. The summed E-state index contributed by atoms with van der Waals surface area (Å²) in [6.45, 7) is 6.04. The number of benzene rings is 1. The van der Waals surface area contributed by atoms with Crippen molar-refractivity contribution in [3.63, 3.8) is 0 Å². The molecule has 1 aromatic carbocycles. The first-order valence-corrected chi connectivity index (χ1v) is 12.3. The van der Waals surface area contributed by atoms with Crippen molar-refractivity contribution in [1.82, 2.24) is 9.47 Å². The summed E-state index contributed by atoms with van der Waals surface area (Å²) < 4.78 is 1.85. The summed E-state index contributed by atoms with van der Waals surface area (Å²) in [5.74, 6) is 0.918. The van der Waals surface area contributed by atoms with E-state index in [9.17, 15) is 14.4 Å². The lowest BCUT2D eigenvalue weighted by Crippen LogP contribution is -3.18. The maximum atomic E-state index is 13.2. The van der Waals surface area contributed by atoms with Crippen molar-refractivity contribution in [2.24, 2.45) is 5.92 Å². The first-order chi connectivity index (χ1) is 16.9. The Hall–Kier alpha value is -3.64. The lowest BCUT2D eigenvalue weighted by Gasteiger charge is -2.45. The minimum Gasteiger partial charge on any atom is -0.342 e. The topological polar surface area (TPSA) is 112 Å². The van der Waals surface area contributed by atoms with E-state index in [4.69, 9.17) is 5.26 Å². The molecule has 35 heavy (non-hydrogen) atoms. The number of anilines is 2. The van der Waals surface area contributed by atoms with Crippen molar-refractivity contribution < 1.29 is 14.5 Å². The van der Waals surface area contributed by atoms with Crippen LogP contribution in [0, 0.1) is 17.2 Å². The minimum absolute atomic E-state index is 0.163. The van der Waals surface area contributed by atoms with Crippen LogP contribution in [0.3, 0.4) is 0 Å². The molecule has 5 rings (SSSR count). The summed E-state index contributed by atoms with van der Waals surface area (Å²) in [5.41, 5.74) is 2.08. The van der Waals surface area contributed by atoms with Crippen LogP contribution in [0.4, 0.5) is 16.2 Å². The molecule has 9 nitrogen and oxygen atoms in total. The van der Waals surface area contributed by atoms with Gasteiger partial charge >= 0.3 is 6.03 Å². The van der Waals surface area contributed by atoms with Gasteiger partial charge in [-0.2, -0.15) is 5.26 Å². The molecule has 0 radical (unpaired) electrons. The molecular weight excluding hydrogens is 444 g/mol. The van der Waals surface area contributed by atoms with E-state index in [2.05, 4.69) is 10.6 Å². The van der Waals surface area contributed by atoms with Crippen LogP contribution in [-0.4, -0.2) is 53.6 Å². The zero-order valence-corrected chi connectivity index (χ0v) is 19.9. The number of pyridine rings is 1. The Balaban J connectivity index is 1.27. The van der Waals surface area contributed by atoms with Crippen molar-refractivity contribution in [2.45, 2.75) is 44.7 Å². The number of piperidine rings is 2. The highest BCUT2D eigenvalue weighted by molar-refractivity contribution is 5.99. The number of nitriles is 1. The van der Waals surface area contributed by atoms with E-state index in [0.717, 1.165) is 51.1 Å². The number of carbonyl (C=O) groups excluding carboxylic acids is 2. The maximum absolute atomic E-state index is 13.2. The molecular formula is C26H31N6O3+. The standard InChI is InChI=1S/C26H30N6O3/c1-17(33)30-9-7-22(8-10-30)31-14-19-11-20(16-31)24-6-5-23(25(34)32(24)15-19)29-26(35)28-21-4-2-3-18(12-21)13-27/h2-6,12,19-20,22H,7-11,14-16H2,1H3,(H2,28,29,35)/p+1/t19-,20+/m0/s1. The van der Waals surface area contributed by atoms with Gasteiger partial charge in [0, 0.05) is 62.6 Å². The Morgan fingerprint density at radius 3 is 2.66 bits per heavy atom. The quantitative estimate of drug-likeness (QED) is 0.623. The Bertz CT molecular complexity index is 1240. The summed E-state index contributed by atoms with van der Waals surface area (Å²) >= 11 is 0. The second-order valence-electron chi connectivity index (χ2n) is 10.0. The number of nitrogens with one attached hydrogen (secondary N) is 3. The summed E-state index contributed by atoms with van der Waals surface area (Å²) in [5, 5.41) is 14.4. The van der Waals surface area contributed by atoms with Gasteiger partial charge in [0.05, 0.1) is 30.8 Å². The van der Waals surface area contributed by atoms with Crippen molar-refractivity contribution >= 4 is 23.3 Å². The molecule has 2 fully saturated rings. The Morgan fingerprint density at radius 1 is 1.11 bits per heavy atom. The number of urea groups is 1. The second kappa shape index (κ2) is 9.55. The third-order valence-corrected chi connectivity index (χ3v) is 7.76. The molecule has 9 heteroatoms. The largest absolute Gasteiger partial charge is 0.342 e. The Kier molecular flexibility index (Phi) is 6.31. The van der Waals surface area contributed by atoms with Crippen LogP contribution in [0.5, 0.6) is 0 Å². The number of nitrogens with zero attached hydrogens (tertiary/aromatic N) is 3. The van der Waals surface area contributed by atoms with Gasteiger partial charge in [0.2, 0.25) is 5.91 Å². The average Bonchev–Trinajstić information content (AvgIpc) is 2.86. The molecule has 182 valence electrons. The molecule has 1 aromatic heterocycles. The first-order valence-electron chi connectivity index (χ1n) is 12.3. The summed E-state index contributed by atoms with van der Waals surface area (Å²) in [7, 11) is 0. The van der Waals surface area contributed by atoms with Crippen LogP contribution in [0.15, 0.2) is 41.2 Å². The maximum Gasteiger partial charge on any atom is 0.323 e. The number of hydrogen-bond donors (Lipinski definition) is 3. The van der Waals surface area contributed by atoms with E-state index >= 15 is 0 Å². The number of aromatic nitrogens is 1. The van der Waals surface area contributed by atoms with Crippen molar-refractivity contribution in [1.29, 1.82) is 5.26 Å². The monoisotopic (exact) mass is 475 g/mol. The third kappa shape index (κ3) is 4.80. The van der Waals surface area contributed by atoms with Crippen LogP contribution in [0.1, 0.15) is 43.4 Å². The Labute approximate surface area is 204 Å². The zero-order chi connectivity index (χ0) is 24.5. The van der Waals surface area contributed by atoms with Gasteiger partial charge in [0.25, 0.3) is 5.56 Å². The minimum atomic E-state index is -0.513. The predicted octanol–water partition coefficient (Wildman–Crippen LogP) is 1.38. The van der Waals surface area contributed by atoms with Crippen molar-refractivity contribution in [2.75, 3.05) is 36.8 Å². The van der Waals surface area contributed by atoms with E-state index < -0.39 is 6.03 Å². The summed E-state index contributed by atoms with van der Waals surface area (Å²) in [4.78, 5) is 41.0. The summed E-state index contributed by atoms with van der Waals surface area (Å²) in [6.07, 6.45) is 3.17. The van der Waals surface area contributed by atoms with Crippen LogP contribution >= 0.6 is 0 Å². The molecule has 1 unspecified atom stereocenters. The van der Waals surface area contributed by atoms with Crippen molar-refractivity contribution in [3.05, 3.63) is 58.0 Å². The van der Waals surface area contributed by atoms with Gasteiger partial charge in [0.1, 0.15) is 5.69 Å². The average molecular weight is 476 g/mol. The number of rotatable bonds is 3. The highest BCUT2D eigenvalue weighted by Gasteiger charge is 2.41. The predicted molar refractivity (Wildman–Crippen MR) is 131 cm³/mol. The summed E-state index contributed by atoms with van der Waals surface area (Å²) in [6, 6.07) is 12.4. The number of likely N-dealkylation sites (tertiary alicyclic amines) is 2. The van der Waals surface area contributed by atoms with Crippen molar-refractivity contribution in [3.8, 4) is 6.07 Å². The first kappa shape index (κ1) is 23.1. The molecule has 3 aliphatic rings.